The van der Waals surface area contributed by atoms with Crippen LogP contribution < -0.4 is 0 Å². The number of carbonyl (C=O) groups is 1. The van der Waals surface area contributed by atoms with Gasteiger partial charge in [0.1, 0.15) is 6.20 Å². The number of carboxylic acid groups (broad SMARTS) is 1. The third kappa shape index (κ3) is 2.71. The van der Waals surface area contributed by atoms with Gasteiger partial charge < -0.3 is 5.11 Å². The van der Waals surface area contributed by atoms with E-state index < -0.39 is 40.6 Å². The van der Waals surface area contributed by atoms with Crippen LogP contribution in [0.2, 0.25) is 0 Å². The molecule has 0 aliphatic rings. The SMILES string of the molecule is Cc1ncc([N+](=O)[O-])c(CC(=O)O)c1C(F)F. The third-order valence-electron chi connectivity index (χ3n) is 2.15. The van der Waals surface area contributed by atoms with Gasteiger partial charge in [-0.1, -0.05) is 0 Å². The summed E-state index contributed by atoms with van der Waals surface area (Å²) in [5.41, 5.74) is -1.98. The van der Waals surface area contributed by atoms with Crippen LogP contribution >= 0.6 is 0 Å². The maximum absolute atomic E-state index is 12.7. The van der Waals surface area contributed by atoms with E-state index in [1.54, 1.807) is 0 Å². The lowest BCUT2D eigenvalue weighted by Gasteiger charge is -2.09. The van der Waals surface area contributed by atoms with E-state index in [-0.39, 0.29) is 5.69 Å². The minimum absolute atomic E-state index is 0.109. The van der Waals surface area contributed by atoms with Crippen molar-refractivity contribution in [1.82, 2.24) is 4.98 Å². The van der Waals surface area contributed by atoms with Crippen molar-refractivity contribution in [3.05, 3.63) is 33.1 Å². The number of hydrogen-bond donors (Lipinski definition) is 1. The van der Waals surface area contributed by atoms with Crippen molar-refractivity contribution in [2.24, 2.45) is 0 Å². The first-order valence-corrected chi connectivity index (χ1v) is 4.47. The molecule has 1 aromatic heterocycles. The van der Waals surface area contributed by atoms with Crippen LogP contribution in [0, 0.1) is 17.0 Å². The van der Waals surface area contributed by atoms with Gasteiger partial charge in [-0.2, -0.15) is 0 Å². The Kier molecular flexibility index (Phi) is 3.66. The molecule has 0 aliphatic carbocycles. The summed E-state index contributed by atoms with van der Waals surface area (Å²) >= 11 is 0. The molecule has 0 saturated carbocycles. The zero-order chi connectivity index (χ0) is 13.2. The predicted molar refractivity (Wildman–Crippen MR) is 51.9 cm³/mol. The minimum Gasteiger partial charge on any atom is -0.481 e. The van der Waals surface area contributed by atoms with Crippen molar-refractivity contribution in [3.63, 3.8) is 0 Å². The molecule has 17 heavy (non-hydrogen) atoms. The van der Waals surface area contributed by atoms with Crippen molar-refractivity contribution < 1.29 is 23.6 Å². The van der Waals surface area contributed by atoms with Gasteiger partial charge in [-0.05, 0) is 6.92 Å². The number of aromatic nitrogens is 1. The van der Waals surface area contributed by atoms with E-state index in [4.69, 9.17) is 5.11 Å². The summed E-state index contributed by atoms with van der Waals surface area (Å²) < 4.78 is 25.5. The highest BCUT2D eigenvalue weighted by Crippen LogP contribution is 2.31. The number of nitrogens with zero attached hydrogens (tertiary/aromatic N) is 2. The van der Waals surface area contributed by atoms with E-state index in [0.717, 1.165) is 6.20 Å². The first-order valence-electron chi connectivity index (χ1n) is 4.47. The zero-order valence-corrected chi connectivity index (χ0v) is 8.68. The zero-order valence-electron chi connectivity index (χ0n) is 8.68. The summed E-state index contributed by atoms with van der Waals surface area (Å²) in [5, 5.41) is 19.2. The van der Waals surface area contributed by atoms with Crippen LogP contribution in [0.15, 0.2) is 6.20 Å². The highest BCUT2D eigenvalue weighted by atomic mass is 19.3. The summed E-state index contributed by atoms with van der Waals surface area (Å²) in [7, 11) is 0. The number of hydrogen-bond acceptors (Lipinski definition) is 4. The second-order valence-corrected chi connectivity index (χ2v) is 3.25. The van der Waals surface area contributed by atoms with Crippen LogP contribution in [0.3, 0.4) is 0 Å². The first-order chi connectivity index (χ1) is 7.84. The minimum atomic E-state index is -3.00. The van der Waals surface area contributed by atoms with Crippen molar-refractivity contribution in [2.45, 2.75) is 19.8 Å². The summed E-state index contributed by atoms with van der Waals surface area (Å²) in [5.74, 6) is -1.42. The van der Waals surface area contributed by atoms with E-state index in [2.05, 4.69) is 4.98 Å². The van der Waals surface area contributed by atoms with Gasteiger partial charge in [-0.15, -0.1) is 0 Å². The van der Waals surface area contributed by atoms with Gasteiger partial charge in [-0.3, -0.25) is 19.9 Å². The van der Waals surface area contributed by atoms with E-state index in [1.807, 2.05) is 0 Å². The Morgan fingerprint density at radius 1 is 1.65 bits per heavy atom. The van der Waals surface area contributed by atoms with Crippen molar-refractivity contribution in [3.8, 4) is 0 Å². The van der Waals surface area contributed by atoms with Crippen LogP contribution in [0.25, 0.3) is 0 Å². The second-order valence-electron chi connectivity index (χ2n) is 3.25. The molecule has 1 rings (SSSR count). The molecule has 0 unspecified atom stereocenters. The van der Waals surface area contributed by atoms with Crippen LogP contribution in [0.5, 0.6) is 0 Å². The van der Waals surface area contributed by atoms with Gasteiger partial charge in [0.05, 0.1) is 16.9 Å². The molecule has 6 nitrogen and oxygen atoms in total. The number of alkyl halides is 2. The maximum Gasteiger partial charge on any atom is 0.308 e. The molecular weight excluding hydrogens is 238 g/mol. The fourth-order valence-corrected chi connectivity index (χ4v) is 1.45. The Bertz CT molecular complexity index is 476. The van der Waals surface area contributed by atoms with Crippen LogP contribution in [0.4, 0.5) is 14.5 Å². The number of rotatable bonds is 4. The summed E-state index contributed by atoms with van der Waals surface area (Å²) in [6.45, 7) is 1.25. The normalized spacial score (nSPS) is 10.6. The Balaban J connectivity index is 3.49. The fraction of sp³-hybridized carbons (Fsp3) is 0.333. The second kappa shape index (κ2) is 4.81. The summed E-state index contributed by atoms with van der Waals surface area (Å²) in [6.07, 6.45) is -3.05. The lowest BCUT2D eigenvalue weighted by molar-refractivity contribution is -0.386. The Morgan fingerprint density at radius 2 is 2.24 bits per heavy atom. The molecule has 0 aliphatic heterocycles. The highest BCUT2D eigenvalue weighted by Gasteiger charge is 2.27. The molecule has 0 atom stereocenters. The molecule has 1 aromatic rings. The molecule has 0 radical (unpaired) electrons. The average Bonchev–Trinajstić information content (AvgIpc) is 2.15. The molecule has 0 amide bonds. The maximum atomic E-state index is 12.7. The fourth-order valence-electron chi connectivity index (χ4n) is 1.45. The van der Waals surface area contributed by atoms with E-state index in [1.165, 1.54) is 6.92 Å². The third-order valence-corrected chi connectivity index (χ3v) is 2.15. The Morgan fingerprint density at radius 3 is 2.65 bits per heavy atom. The number of pyridine rings is 1. The lowest BCUT2D eigenvalue weighted by Crippen LogP contribution is -2.10. The predicted octanol–water partition coefficient (Wildman–Crippen LogP) is 1.86. The number of halogens is 2. The van der Waals surface area contributed by atoms with Gasteiger partial charge in [-0.25, -0.2) is 8.78 Å². The van der Waals surface area contributed by atoms with Crippen molar-refractivity contribution in [2.75, 3.05) is 0 Å². The molecular formula is C9H8F2N2O4. The monoisotopic (exact) mass is 246 g/mol. The molecule has 1 heterocycles. The molecule has 8 heteroatoms. The standard InChI is InChI=1S/C9H8F2N2O4/c1-4-8(9(10)11)5(2-7(14)15)6(3-12-4)13(16)17/h3,9H,2H2,1H3,(H,14,15). The number of nitro groups is 1. The smallest absolute Gasteiger partial charge is 0.308 e. The summed E-state index contributed by atoms with van der Waals surface area (Å²) in [6, 6.07) is 0. The average molecular weight is 246 g/mol. The quantitative estimate of drug-likeness (QED) is 0.646. The number of carboxylic acids is 1. The lowest BCUT2D eigenvalue weighted by atomic mass is 10.0. The molecule has 0 saturated heterocycles. The van der Waals surface area contributed by atoms with Crippen LogP contribution in [-0.4, -0.2) is 21.0 Å². The molecule has 0 aromatic carbocycles. The Labute approximate surface area is 94.1 Å². The van der Waals surface area contributed by atoms with Crippen LogP contribution in [-0.2, 0) is 11.2 Å². The molecule has 1 N–H and O–H groups in total. The molecule has 0 spiro atoms. The molecule has 0 fully saturated rings. The number of aryl methyl sites for hydroxylation is 1. The van der Waals surface area contributed by atoms with Gasteiger partial charge in [0.2, 0.25) is 0 Å². The summed E-state index contributed by atoms with van der Waals surface area (Å²) in [4.78, 5) is 23.7. The number of aliphatic carboxylic acids is 1. The van der Waals surface area contributed by atoms with Crippen molar-refractivity contribution in [1.29, 1.82) is 0 Å². The first kappa shape index (κ1) is 12.9. The van der Waals surface area contributed by atoms with Gasteiger partial charge in [0.25, 0.3) is 12.1 Å². The largest absolute Gasteiger partial charge is 0.481 e. The van der Waals surface area contributed by atoms with E-state index in [0.29, 0.717) is 0 Å². The Hall–Kier alpha value is -2.12. The molecule has 92 valence electrons. The van der Waals surface area contributed by atoms with Crippen molar-refractivity contribution >= 4 is 11.7 Å². The van der Waals surface area contributed by atoms with Gasteiger partial charge in [0, 0.05) is 11.3 Å². The topological polar surface area (TPSA) is 93.3 Å². The highest BCUT2D eigenvalue weighted by molar-refractivity contribution is 5.73. The van der Waals surface area contributed by atoms with Gasteiger partial charge >= 0.3 is 5.97 Å². The van der Waals surface area contributed by atoms with Crippen LogP contribution in [0.1, 0.15) is 23.2 Å². The van der Waals surface area contributed by atoms with E-state index in [9.17, 15) is 23.7 Å². The molecule has 0 bridgehead atoms. The van der Waals surface area contributed by atoms with Gasteiger partial charge in [0.15, 0.2) is 0 Å². The van der Waals surface area contributed by atoms with E-state index >= 15 is 0 Å².